The topological polar surface area (TPSA) is 55.3 Å². The molecule has 6 heteroatoms. The molecule has 3 heterocycles. The normalized spacial score (nSPS) is 15.6. The third kappa shape index (κ3) is 4.07. The van der Waals surface area contributed by atoms with Gasteiger partial charge in [0.1, 0.15) is 17.5 Å². The van der Waals surface area contributed by atoms with Crippen LogP contribution < -0.4 is 4.74 Å². The predicted octanol–water partition coefficient (Wildman–Crippen LogP) is 3.17. The van der Waals surface area contributed by atoms with Crippen molar-refractivity contribution in [3.63, 3.8) is 0 Å². The number of aryl methyl sites for hydroxylation is 1. The first kappa shape index (κ1) is 15.9. The molecule has 0 unspecified atom stereocenters. The largest absolute Gasteiger partial charge is 0.489 e. The van der Waals surface area contributed by atoms with Gasteiger partial charge in [-0.3, -0.25) is 9.78 Å². The van der Waals surface area contributed by atoms with Gasteiger partial charge in [-0.1, -0.05) is 6.92 Å². The van der Waals surface area contributed by atoms with Crippen LogP contribution in [0.2, 0.25) is 0 Å². The summed E-state index contributed by atoms with van der Waals surface area (Å²) in [6.07, 6.45) is 7.28. The Labute approximate surface area is 140 Å². The van der Waals surface area contributed by atoms with Crippen molar-refractivity contribution in [2.45, 2.75) is 38.7 Å². The Morgan fingerprint density at radius 1 is 1.43 bits per heavy atom. The number of piperidine rings is 1. The van der Waals surface area contributed by atoms with Crippen molar-refractivity contribution < 1.29 is 9.53 Å². The number of carbonyl (C=O) groups is 1. The average molecular weight is 331 g/mol. The van der Waals surface area contributed by atoms with E-state index in [2.05, 4.69) is 16.9 Å². The van der Waals surface area contributed by atoms with Crippen LogP contribution in [0.1, 0.15) is 41.7 Å². The highest BCUT2D eigenvalue weighted by atomic mass is 32.1. The number of likely N-dealkylation sites (tertiary alicyclic amines) is 1. The Hall–Kier alpha value is -1.95. The monoisotopic (exact) mass is 331 g/mol. The predicted molar refractivity (Wildman–Crippen MR) is 89.9 cm³/mol. The quantitative estimate of drug-likeness (QED) is 0.844. The molecule has 5 nitrogen and oxygen atoms in total. The fraction of sp³-hybridized carbons (Fsp3) is 0.471. The van der Waals surface area contributed by atoms with Crippen molar-refractivity contribution in [1.29, 1.82) is 0 Å². The van der Waals surface area contributed by atoms with Gasteiger partial charge in [0.25, 0.3) is 5.91 Å². The Kier molecular flexibility index (Phi) is 5.23. The van der Waals surface area contributed by atoms with Crippen molar-refractivity contribution in [2.24, 2.45) is 0 Å². The summed E-state index contributed by atoms with van der Waals surface area (Å²) in [5, 5.41) is 2.93. The lowest BCUT2D eigenvalue weighted by Gasteiger charge is -2.31. The van der Waals surface area contributed by atoms with Crippen molar-refractivity contribution in [3.05, 3.63) is 40.6 Å². The van der Waals surface area contributed by atoms with Crippen molar-refractivity contribution >= 4 is 17.2 Å². The molecular weight excluding hydrogens is 310 g/mol. The first-order valence-electron chi connectivity index (χ1n) is 8.06. The molecule has 1 fully saturated rings. The second-order valence-electron chi connectivity index (χ2n) is 5.67. The molecule has 0 aromatic carbocycles. The van der Waals surface area contributed by atoms with Gasteiger partial charge in [0.05, 0.1) is 11.2 Å². The van der Waals surface area contributed by atoms with Crippen LogP contribution >= 0.6 is 11.3 Å². The number of rotatable bonds is 5. The number of carbonyl (C=O) groups excluding carboxylic acids is 1. The van der Waals surface area contributed by atoms with Crippen LogP contribution in [-0.2, 0) is 6.42 Å². The number of thiazole rings is 1. The van der Waals surface area contributed by atoms with E-state index in [-0.39, 0.29) is 12.0 Å². The maximum atomic E-state index is 12.5. The van der Waals surface area contributed by atoms with Crippen molar-refractivity contribution in [3.8, 4) is 5.75 Å². The lowest BCUT2D eigenvalue weighted by molar-refractivity contribution is 0.0590. The van der Waals surface area contributed by atoms with Gasteiger partial charge < -0.3 is 9.64 Å². The van der Waals surface area contributed by atoms with E-state index in [1.165, 1.54) is 0 Å². The molecular formula is C17H21N3O2S. The Balaban J connectivity index is 1.52. The SMILES string of the molecule is CCCc1nc(C(=O)N2CCC(Oc3cccnc3)CC2)cs1. The van der Waals surface area contributed by atoms with Gasteiger partial charge in [0.2, 0.25) is 0 Å². The van der Waals surface area contributed by atoms with E-state index in [1.807, 2.05) is 22.4 Å². The molecule has 0 aliphatic carbocycles. The number of amides is 1. The van der Waals surface area contributed by atoms with Gasteiger partial charge in [-0.25, -0.2) is 4.98 Å². The fourth-order valence-corrected chi connectivity index (χ4v) is 3.56. The molecule has 3 rings (SSSR count). The van der Waals surface area contributed by atoms with Gasteiger partial charge in [0.15, 0.2) is 0 Å². The molecule has 1 saturated heterocycles. The fourth-order valence-electron chi connectivity index (χ4n) is 2.69. The second kappa shape index (κ2) is 7.55. The molecule has 0 bridgehead atoms. The highest BCUT2D eigenvalue weighted by Gasteiger charge is 2.26. The van der Waals surface area contributed by atoms with Crippen LogP contribution in [0.25, 0.3) is 0 Å². The highest BCUT2D eigenvalue weighted by Crippen LogP contribution is 2.20. The zero-order chi connectivity index (χ0) is 16.1. The number of nitrogens with zero attached hydrogens (tertiary/aromatic N) is 3. The first-order chi connectivity index (χ1) is 11.3. The molecule has 2 aromatic rings. The summed E-state index contributed by atoms with van der Waals surface area (Å²) >= 11 is 1.58. The minimum atomic E-state index is 0.0448. The molecule has 1 aliphatic heterocycles. The molecule has 0 spiro atoms. The minimum absolute atomic E-state index is 0.0448. The Morgan fingerprint density at radius 3 is 2.96 bits per heavy atom. The van der Waals surface area contributed by atoms with E-state index in [0.717, 1.165) is 36.4 Å². The van der Waals surface area contributed by atoms with Gasteiger partial charge in [0, 0.05) is 37.5 Å². The van der Waals surface area contributed by atoms with Gasteiger partial charge in [-0.2, -0.15) is 0 Å². The van der Waals surface area contributed by atoms with Crippen LogP contribution in [-0.4, -0.2) is 40.0 Å². The Morgan fingerprint density at radius 2 is 2.26 bits per heavy atom. The number of hydrogen-bond donors (Lipinski definition) is 0. The molecule has 1 aliphatic rings. The van der Waals surface area contributed by atoms with E-state index in [0.29, 0.717) is 18.8 Å². The number of hydrogen-bond acceptors (Lipinski definition) is 5. The second-order valence-corrected chi connectivity index (χ2v) is 6.62. The summed E-state index contributed by atoms with van der Waals surface area (Å²) in [7, 11) is 0. The van der Waals surface area contributed by atoms with E-state index >= 15 is 0 Å². The van der Waals surface area contributed by atoms with Gasteiger partial charge in [-0.15, -0.1) is 11.3 Å². The summed E-state index contributed by atoms with van der Waals surface area (Å²) in [5.41, 5.74) is 0.588. The zero-order valence-corrected chi connectivity index (χ0v) is 14.1. The molecule has 0 saturated carbocycles. The van der Waals surface area contributed by atoms with Gasteiger partial charge in [-0.05, 0) is 25.0 Å². The smallest absolute Gasteiger partial charge is 0.273 e. The third-order valence-corrected chi connectivity index (χ3v) is 4.81. The lowest BCUT2D eigenvalue weighted by Crippen LogP contribution is -2.41. The standard InChI is InChI=1S/C17H21N3O2S/c1-2-4-16-19-15(12-23-16)17(21)20-9-6-13(7-10-20)22-14-5-3-8-18-11-14/h3,5,8,11-13H,2,4,6-7,9-10H2,1H3. The molecule has 1 amide bonds. The summed E-state index contributed by atoms with van der Waals surface area (Å²) in [6, 6.07) is 3.78. The van der Waals surface area contributed by atoms with E-state index < -0.39 is 0 Å². The lowest BCUT2D eigenvalue weighted by atomic mass is 10.1. The van der Waals surface area contributed by atoms with E-state index in [9.17, 15) is 4.79 Å². The summed E-state index contributed by atoms with van der Waals surface area (Å²) in [5.74, 6) is 0.837. The molecule has 2 aromatic heterocycles. The molecule has 23 heavy (non-hydrogen) atoms. The molecule has 0 atom stereocenters. The Bertz CT molecular complexity index is 636. The van der Waals surface area contributed by atoms with Crippen LogP contribution in [0.5, 0.6) is 5.75 Å². The number of pyridine rings is 1. The van der Waals surface area contributed by atoms with E-state index in [1.54, 1.807) is 23.7 Å². The first-order valence-corrected chi connectivity index (χ1v) is 8.94. The maximum Gasteiger partial charge on any atom is 0.273 e. The summed E-state index contributed by atoms with van der Waals surface area (Å²) in [6.45, 7) is 3.55. The van der Waals surface area contributed by atoms with Crippen LogP contribution in [0.3, 0.4) is 0 Å². The number of ether oxygens (including phenoxy) is 1. The van der Waals surface area contributed by atoms with Crippen LogP contribution in [0, 0.1) is 0 Å². The molecule has 0 N–H and O–H groups in total. The van der Waals surface area contributed by atoms with Gasteiger partial charge >= 0.3 is 0 Å². The zero-order valence-electron chi connectivity index (χ0n) is 13.3. The highest BCUT2D eigenvalue weighted by molar-refractivity contribution is 7.09. The summed E-state index contributed by atoms with van der Waals surface area (Å²) < 4.78 is 5.91. The average Bonchev–Trinajstić information content (AvgIpc) is 3.05. The van der Waals surface area contributed by atoms with Crippen LogP contribution in [0.4, 0.5) is 0 Å². The number of aromatic nitrogens is 2. The van der Waals surface area contributed by atoms with Crippen molar-refractivity contribution in [1.82, 2.24) is 14.9 Å². The third-order valence-electron chi connectivity index (χ3n) is 3.90. The minimum Gasteiger partial charge on any atom is -0.489 e. The molecule has 122 valence electrons. The summed E-state index contributed by atoms with van der Waals surface area (Å²) in [4.78, 5) is 22.9. The van der Waals surface area contributed by atoms with Crippen molar-refractivity contribution in [2.75, 3.05) is 13.1 Å². The molecule has 0 radical (unpaired) electrons. The van der Waals surface area contributed by atoms with E-state index in [4.69, 9.17) is 4.74 Å². The van der Waals surface area contributed by atoms with Crippen LogP contribution in [0.15, 0.2) is 29.9 Å². The maximum absolute atomic E-state index is 12.5.